The molecule has 2 aliphatic carbocycles. The normalized spacial score (nSPS) is 17.5. The molecule has 0 aliphatic heterocycles. The summed E-state index contributed by atoms with van der Waals surface area (Å²) in [5, 5.41) is 0. The van der Waals surface area contributed by atoms with Gasteiger partial charge in [0.1, 0.15) is 22.2 Å². The highest BCUT2D eigenvalue weighted by Crippen LogP contribution is 2.56. The summed E-state index contributed by atoms with van der Waals surface area (Å²) in [5.41, 5.74) is 8.24. The van der Waals surface area contributed by atoms with Gasteiger partial charge < -0.3 is 9.47 Å². The minimum Gasteiger partial charge on any atom is -0.489 e. The van der Waals surface area contributed by atoms with Gasteiger partial charge in [-0.25, -0.2) is 13.4 Å². The van der Waals surface area contributed by atoms with E-state index in [2.05, 4.69) is 47.4 Å². The zero-order valence-corrected chi connectivity index (χ0v) is 22.8. The van der Waals surface area contributed by atoms with Crippen LogP contribution in [0.2, 0.25) is 0 Å². The molecule has 36 heavy (non-hydrogen) atoms. The van der Waals surface area contributed by atoms with Gasteiger partial charge in [0.05, 0.1) is 12.4 Å². The zero-order valence-electron chi connectivity index (χ0n) is 22.0. The number of pyridine rings is 1. The Kier molecular flexibility index (Phi) is 8.04. The Morgan fingerprint density at radius 2 is 1.83 bits per heavy atom. The van der Waals surface area contributed by atoms with Gasteiger partial charge >= 0.3 is 0 Å². The van der Waals surface area contributed by atoms with Crippen LogP contribution in [0.4, 0.5) is 0 Å². The molecule has 0 amide bonds. The lowest BCUT2D eigenvalue weighted by molar-refractivity contribution is 0.305. The number of hydrogen-bond donors (Lipinski definition) is 0. The molecule has 3 aromatic rings. The summed E-state index contributed by atoms with van der Waals surface area (Å²) in [6.07, 6.45) is 4.26. The molecule has 0 bridgehead atoms. The molecule has 192 valence electrons. The van der Waals surface area contributed by atoms with Crippen molar-refractivity contribution in [3.63, 3.8) is 0 Å². The molecule has 2 aromatic carbocycles. The third-order valence-corrected chi connectivity index (χ3v) is 7.85. The number of hydrogen-bond acceptors (Lipinski definition) is 5. The van der Waals surface area contributed by atoms with E-state index in [1.807, 2.05) is 33.8 Å². The molecule has 5 nitrogen and oxygen atoms in total. The first-order valence-corrected chi connectivity index (χ1v) is 15.0. The lowest BCUT2D eigenvalue weighted by atomic mass is 9.98. The van der Waals surface area contributed by atoms with E-state index in [0.29, 0.717) is 25.5 Å². The minimum absolute atomic E-state index is 0.115. The molecule has 2 aliphatic rings. The summed E-state index contributed by atoms with van der Waals surface area (Å²) in [4.78, 5) is 4.61. The van der Waals surface area contributed by atoms with E-state index in [-0.39, 0.29) is 5.75 Å². The van der Waals surface area contributed by atoms with Gasteiger partial charge in [0.15, 0.2) is 0 Å². The molecule has 1 heterocycles. The summed E-state index contributed by atoms with van der Waals surface area (Å²) in [7, 11) is -2.98. The summed E-state index contributed by atoms with van der Waals surface area (Å²) < 4.78 is 34.4. The maximum Gasteiger partial charge on any atom is 0.213 e. The molecule has 1 aromatic heterocycles. The number of nitrogens with zero attached hydrogens (tertiary/aromatic N) is 1. The highest BCUT2D eigenvalue weighted by Gasteiger charge is 2.44. The monoisotopic (exact) mass is 507 g/mol. The predicted octanol–water partition coefficient (Wildman–Crippen LogP) is 6.44. The predicted molar refractivity (Wildman–Crippen MR) is 146 cm³/mol. The Hall–Kier alpha value is -2.86. The molecule has 5 rings (SSSR count). The van der Waals surface area contributed by atoms with E-state index in [1.54, 1.807) is 0 Å². The number of benzene rings is 2. The van der Waals surface area contributed by atoms with Crippen LogP contribution in [0.5, 0.6) is 11.6 Å². The average molecular weight is 508 g/mol. The van der Waals surface area contributed by atoms with Gasteiger partial charge in [-0.15, -0.1) is 0 Å². The van der Waals surface area contributed by atoms with Crippen molar-refractivity contribution in [1.82, 2.24) is 4.98 Å². The quantitative estimate of drug-likeness (QED) is 0.312. The lowest BCUT2D eigenvalue weighted by Gasteiger charge is -2.14. The lowest BCUT2D eigenvalue weighted by Crippen LogP contribution is -2.09. The van der Waals surface area contributed by atoms with E-state index < -0.39 is 9.84 Å². The third kappa shape index (κ3) is 6.28. The van der Waals surface area contributed by atoms with Crippen LogP contribution in [0.3, 0.4) is 0 Å². The Balaban J connectivity index is 0.00000148. The van der Waals surface area contributed by atoms with Crippen LogP contribution in [-0.4, -0.2) is 32.0 Å². The van der Waals surface area contributed by atoms with Gasteiger partial charge in [0, 0.05) is 23.6 Å². The fourth-order valence-electron chi connectivity index (χ4n) is 5.13. The molecular formula is C30H37NO4S. The van der Waals surface area contributed by atoms with Crippen molar-refractivity contribution in [2.24, 2.45) is 5.92 Å². The second-order valence-corrected chi connectivity index (χ2v) is 12.0. The zero-order chi connectivity index (χ0) is 25.9. The smallest absolute Gasteiger partial charge is 0.213 e. The molecule has 0 saturated heterocycles. The van der Waals surface area contributed by atoms with Crippen molar-refractivity contribution in [1.29, 1.82) is 0 Å². The van der Waals surface area contributed by atoms with E-state index in [0.717, 1.165) is 45.5 Å². The molecule has 1 fully saturated rings. The Morgan fingerprint density at radius 1 is 1.03 bits per heavy atom. The third-order valence-electron chi connectivity index (χ3n) is 6.82. The summed E-state index contributed by atoms with van der Waals surface area (Å²) in [6, 6.07) is 16.9. The molecule has 6 heteroatoms. The van der Waals surface area contributed by atoms with Gasteiger partial charge in [0.2, 0.25) is 5.88 Å². The van der Waals surface area contributed by atoms with Gasteiger partial charge in [-0.3, -0.25) is 0 Å². The SMILES string of the molecule is CC.Cc1cc(OCCCS(C)(=O)=O)nc(C)c1-c1cccc(COc2ccc3c(c2)CC2CC32)c1. The van der Waals surface area contributed by atoms with Crippen LogP contribution in [0.15, 0.2) is 48.5 Å². The van der Waals surface area contributed by atoms with Crippen LogP contribution < -0.4 is 9.47 Å². The van der Waals surface area contributed by atoms with Gasteiger partial charge in [-0.2, -0.15) is 0 Å². The topological polar surface area (TPSA) is 65.5 Å². The van der Waals surface area contributed by atoms with Crippen LogP contribution >= 0.6 is 0 Å². The van der Waals surface area contributed by atoms with Crippen LogP contribution in [0.1, 0.15) is 60.6 Å². The highest BCUT2D eigenvalue weighted by molar-refractivity contribution is 7.90. The summed E-state index contributed by atoms with van der Waals surface area (Å²) in [6.45, 7) is 8.87. The van der Waals surface area contributed by atoms with Gasteiger partial charge in [-0.1, -0.05) is 38.1 Å². The molecule has 2 atom stereocenters. The molecule has 1 saturated carbocycles. The van der Waals surface area contributed by atoms with Gasteiger partial charge in [-0.05, 0) is 91.0 Å². The second kappa shape index (κ2) is 11.0. The number of rotatable bonds is 9. The first-order chi connectivity index (χ1) is 17.3. The van der Waals surface area contributed by atoms with Crippen LogP contribution in [0.25, 0.3) is 11.1 Å². The number of ether oxygens (including phenoxy) is 2. The van der Waals surface area contributed by atoms with Crippen LogP contribution in [0, 0.1) is 19.8 Å². The van der Waals surface area contributed by atoms with Crippen LogP contribution in [-0.2, 0) is 22.9 Å². The fraction of sp³-hybridized carbons (Fsp3) is 0.433. The number of aryl methyl sites for hydroxylation is 2. The first-order valence-electron chi connectivity index (χ1n) is 12.9. The van der Waals surface area contributed by atoms with E-state index in [1.165, 1.54) is 30.2 Å². The molecular weight excluding hydrogens is 470 g/mol. The van der Waals surface area contributed by atoms with Crippen molar-refractivity contribution < 1.29 is 17.9 Å². The minimum atomic E-state index is -2.98. The maximum absolute atomic E-state index is 11.3. The molecule has 0 N–H and O–H groups in total. The second-order valence-electron chi connectivity index (χ2n) is 9.73. The number of aromatic nitrogens is 1. The average Bonchev–Trinajstić information content (AvgIpc) is 3.52. The molecule has 0 spiro atoms. The highest BCUT2D eigenvalue weighted by atomic mass is 32.2. The number of sulfone groups is 1. The van der Waals surface area contributed by atoms with Crippen molar-refractivity contribution >= 4 is 9.84 Å². The van der Waals surface area contributed by atoms with Crippen molar-refractivity contribution in [2.75, 3.05) is 18.6 Å². The Morgan fingerprint density at radius 3 is 2.58 bits per heavy atom. The maximum atomic E-state index is 11.3. The standard InChI is InChI=1S/C28H31NO4S.C2H6/c1-18-12-27(32-10-5-11-34(3,30)31)29-19(2)28(18)21-7-4-6-20(13-21)17-33-24-8-9-25-22(15-24)14-23-16-26(23)25;1-2/h4,6-9,12-13,15,23,26H,5,10-11,14,16-17H2,1-3H3;1-2H3. The number of fused-ring (bicyclic) bond motifs is 3. The van der Waals surface area contributed by atoms with Crippen molar-refractivity contribution in [3.05, 3.63) is 76.5 Å². The molecule has 2 unspecified atom stereocenters. The summed E-state index contributed by atoms with van der Waals surface area (Å²) in [5.74, 6) is 3.28. The van der Waals surface area contributed by atoms with Crippen molar-refractivity contribution in [2.45, 2.75) is 59.5 Å². The first kappa shape index (κ1) is 26.2. The van der Waals surface area contributed by atoms with E-state index >= 15 is 0 Å². The van der Waals surface area contributed by atoms with E-state index in [9.17, 15) is 8.42 Å². The summed E-state index contributed by atoms with van der Waals surface area (Å²) >= 11 is 0. The van der Waals surface area contributed by atoms with E-state index in [4.69, 9.17) is 9.47 Å². The van der Waals surface area contributed by atoms with Gasteiger partial charge in [0.25, 0.3) is 0 Å². The largest absolute Gasteiger partial charge is 0.489 e. The van der Waals surface area contributed by atoms with Crippen molar-refractivity contribution in [3.8, 4) is 22.8 Å². The Labute approximate surface area is 215 Å². The molecule has 0 radical (unpaired) electrons. The fourth-order valence-corrected chi connectivity index (χ4v) is 5.78. The Bertz CT molecular complexity index is 1310.